The lowest BCUT2D eigenvalue weighted by Crippen LogP contribution is -2.48. The Morgan fingerprint density at radius 1 is 1.20 bits per heavy atom. The van der Waals surface area contributed by atoms with Gasteiger partial charge in [-0.1, -0.05) is 25.1 Å². The average Bonchev–Trinajstić information content (AvgIpc) is 3.11. The molecule has 2 aliphatic heterocycles. The van der Waals surface area contributed by atoms with Crippen LogP contribution in [0.25, 0.3) is 6.08 Å². The van der Waals surface area contributed by atoms with Crippen molar-refractivity contribution >= 4 is 40.3 Å². The molecule has 0 aromatic heterocycles. The van der Waals surface area contributed by atoms with Crippen LogP contribution in [0.2, 0.25) is 0 Å². The second-order valence-electron chi connectivity index (χ2n) is 9.61. The molecule has 0 aliphatic carbocycles. The molecule has 1 saturated heterocycles. The maximum atomic E-state index is 13.4. The standard InChI is InChI=1S/C28H35N3O3S/c1-7-31-23-17-24(34-6)20(15-22(23)19(2)18-28(31,3)4)16-25-26(32)30(13-14-33-5)27(35-25)29-21-11-9-8-10-12-21/h8-12,15-17,19H,7,13-14,18H2,1-6H3/b25-16+,29-27?. The number of para-hydroxylation sites is 1. The van der Waals surface area contributed by atoms with E-state index in [1.54, 1.807) is 19.1 Å². The van der Waals surface area contributed by atoms with E-state index in [1.807, 2.05) is 36.4 Å². The molecule has 0 radical (unpaired) electrons. The Kier molecular flexibility index (Phi) is 7.57. The van der Waals surface area contributed by atoms with E-state index in [-0.39, 0.29) is 11.4 Å². The van der Waals surface area contributed by atoms with Crippen molar-refractivity contribution in [2.24, 2.45) is 4.99 Å². The van der Waals surface area contributed by atoms with Gasteiger partial charge in [-0.25, -0.2) is 4.99 Å². The third-order valence-corrected chi connectivity index (χ3v) is 7.73. The highest BCUT2D eigenvalue weighted by molar-refractivity contribution is 8.18. The number of amidine groups is 1. The maximum absolute atomic E-state index is 13.4. The summed E-state index contributed by atoms with van der Waals surface area (Å²) in [6, 6.07) is 14.0. The number of rotatable bonds is 7. The molecule has 2 aromatic rings. The fourth-order valence-electron chi connectivity index (χ4n) is 5.14. The van der Waals surface area contributed by atoms with E-state index in [0.717, 1.165) is 30.0 Å². The molecule has 1 amide bonds. The first-order chi connectivity index (χ1) is 16.8. The second kappa shape index (κ2) is 10.5. The largest absolute Gasteiger partial charge is 0.496 e. The molecule has 1 unspecified atom stereocenters. The van der Waals surface area contributed by atoms with Crippen LogP contribution in [0.4, 0.5) is 11.4 Å². The number of benzene rings is 2. The molecule has 186 valence electrons. The molecule has 2 aliphatic rings. The number of carbonyl (C=O) groups excluding carboxylic acids is 1. The van der Waals surface area contributed by atoms with E-state index < -0.39 is 0 Å². The maximum Gasteiger partial charge on any atom is 0.266 e. The summed E-state index contributed by atoms with van der Waals surface area (Å²) in [5.74, 6) is 1.11. The van der Waals surface area contributed by atoms with Gasteiger partial charge in [0.1, 0.15) is 5.75 Å². The number of hydrogen-bond donors (Lipinski definition) is 0. The summed E-state index contributed by atoms with van der Waals surface area (Å²) in [6.45, 7) is 10.9. The zero-order chi connectivity index (χ0) is 25.2. The number of carbonyl (C=O) groups is 1. The molecule has 6 nitrogen and oxygen atoms in total. The van der Waals surface area contributed by atoms with Gasteiger partial charge in [0.2, 0.25) is 0 Å². The number of ether oxygens (including phenoxy) is 2. The number of fused-ring (bicyclic) bond motifs is 1. The molecule has 35 heavy (non-hydrogen) atoms. The van der Waals surface area contributed by atoms with Crippen molar-refractivity contribution < 1.29 is 14.3 Å². The zero-order valence-corrected chi connectivity index (χ0v) is 22.3. The second-order valence-corrected chi connectivity index (χ2v) is 10.6. The van der Waals surface area contributed by atoms with Gasteiger partial charge in [-0.05, 0) is 74.7 Å². The van der Waals surface area contributed by atoms with Crippen molar-refractivity contribution in [2.45, 2.75) is 45.6 Å². The molecule has 4 rings (SSSR count). The van der Waals surface area contributed by atoms with Crippen LogP contribution in [0.5, 0.6) is 5.75 Å². The SMILES string of the molecule is CCN1c2cc(OC)c(/C=C3/SC(=Nc4ccccc4)N(CCOC)C3=O)cc2C(C)CC1(C)C. The smallest absolute Gasteiger partial charge is 0.266 e. The van der Waals surface area contributed by atoms with Crippen molar-refractivity contribution in [3.8, 4) is 5.75 Å². The van der Waals surface area contributed by atoms with Gasteiger partial charge < -0.3 is 14.4 Å². The number of aliphatic imine (C=N–C) groups is 1. The highest BCUT2D eigenvalue weighted by Gasteiger charge is 2.37. The monoisotopic (exact) mass is 493 g/mol. The molecule has 2 heterocycles. The number of amides is 1. The zero-order valence-electron chi connectivity index (χ0n) is 21.5. The summed E-state index contributed by atoms with van der Waals surface area (Å²) in [4.78, 5) is 22.9. The van der Waals surface area contributed by atoms with Crippen molar-refractivity contribution in [2.75, 3.05) is 38.8 Å². The lowest BCUT2D eigenvalue weighted by molar-refractivity contribution is -0.122. The fraction of sp³-hybridized carbons (Fsp3) is 0.429. The van der Waals surface area contributed by atoms with E-state index in [4.69, 9.17) is 14.5 Å². The van der Waals surface area contributed by atoms with Gasteiger partial charge in [0.25, 0.3) is 5.91 Å². The Balaban J connectivity index is 1.75. The lowest BCUT2D eigenvalue weighted by Gasteiger charge is -2.47. The van der Waals surface area contributed by atoms with Crippen LogP contribution in [-0.4, -0.2) is 55.4 Å². The predicted molar refractivity (Wildman–Crippen MR) is 146 cm³/mol. The van der Waals surface area contributed by atoms with E-state index in [2.05, 4.69) is 44.7 Å². The first kappa shape index (κ1) is 25.3. The van der Waals surface area contributed by atoms with Crippen molar-refractivity contribution in [1.29, 1.82) is 0 Å². The number of nitrogens with zero attached hydrogens (tertiary/aromatic N) is 3. The molecule has 0 saturated carbocycles. The molecule has 1 fully saturated rings. The predicted octanol–water partition coefficient (Wildman–Crippen LogP) is 6.06. The summed E-state index contributed by atoms with van der Waals surface area (Å²) in [7, 11) is 3.33. The number of thioether (sulfide) groups is 1. The van der Waals surface area contributed by atoms with Gasteiger partial charge in [-0.2, -0.15) is 0 Å². The van der Waals surface area contributed by atoms with Crippen LogP contribution in [-0.2, 0) is 9.53 Å². The van der Waals surface area contributed by atoms with Gasteiger partial charge in [-0.15, -0.1) is 0 Å². The molecule has 7 heteroatoms. The van der Waals surface area contributed by atoms with Crippen molar-refractivity contribution in [3.63, 3.8) is 0 Å². The van der Waals surface area contributed by atoms with Gasteiger partial charge in [0.05, 0.1) is 30.9 Å². The topological polar surface area (TPSA) is 54.4 Å². The molecule has 0 N–H and O–H groups in total. The molecule has 1 atom stereocenters. The Hall–Kier alpha value is -2.77. The average molecular weight is 494 g/mol. The van der Waals surface area contributed by atoms with E-state index in [0.29, 0.717) is 29.1 Å². The first-order valence-electron chi connectivity index (χ1n) is 12.1. The van der Waals surface area contributed by atoms with Gasteiger partial charge >= 0.3 is 0 Å². The van der Waals surface area contributed by atoms with Crippen LogP contribution in [0.15, 0.2) is 52.4 Å². The van der Waals surface area contributed by atoms with Crippen molar-refractivity contribution in [1.82, 2.24) is 4.90 Å². The minimum absolute atomic E-state index is 0.0640. The molecular weight excluding hydrogens is 458 g/mol. The minimum Gasteiger partial charge on any atom is -0.496 e. The van der Waals surface area contributed by atoms with Gasteiger partial charge in [0.15, 0.2) is 5.17 Å². The van der Waals surface area contributed by atoms with E-state index in [1.165, 1.54) is 23.0 Å². The Morgan fingerprint density at radius 2 is 1.94 bits per heavy atom. The number of hydrogen-bond acceptors (Lipinski definition) is 6. The van der Waals surface area contributed by atoms with Crippen LogP contribution < -0.4 is 9.64 Å². The Labute approximate surface area is 213 Å². The normalized spacial score (nSPS) is 21.7. The summed E-state index contributed by atoms with van der Waals surface area (Å²) >= 11 is 1.40. The number of anilines is 1. The molecule has 2 aromatic carbocycles. The van der Waals surface area contributed by atoms with Gasteiger partial charge in [0, 0.05) is 36.5 Å². The summed E-state index contributed by atoms with van der Waals surface area (Å²) in [5.41, 5.74) is 4.32. The molecule has 0 spiro atoms. The van der Waals surface area contributed by atoms with Crippen molar-refractivity contribution in [3.05, 3.63) is 58.5 Å². The highest BCUT2D eigenvalue weighted by Crippen LogP contribution is 2.46. The van der Waals surface area contributed by atoms with Crippen LogP contribution in [0.1, 0.15) is 51.2 Å². The highest BCUT2D eigenvalue weighted by atomic mass is 32.2. The lowest BCUT2D eigenvalue weighted by atomic mass is 9.79. The summed E-state index contributed by atoms with van der Waals surface area (Å²) in [6.07, 6.45) is 3.02. The van der Waals surface area contributed by atoms with Crippen LogP contribution >= 0.6 is 11.8 Å². The molecular formula is C28H35N3O3S. The van der Waals surface area contributed by atoms with Crippen LogP contribution in [0.3, 0.4) is 0 Å². The first-order valence-corrected chi connectivity index (χ1v) is 12.9. The third-order valence-electron chi connectivity index (χ3n) is 6.73. The molecule has 0 bridgehead atoms. The third kappa shape index (κ3) is 5.11. The Morgan fingerprint density at radius 3 is 2.60 bits per heavy atom. The summed E-state index contributed by atoms with van der Waals surface area (Å²) in [5, 5.41) is 0.661. The quantitative estimate of drug-likeness (QED) is 0.439. The van der Waals surface area contributed by atoms with E-state index >= 15 is 0 Å². The van der Waals surface area contributed by atoms with E-state index in [9.17, 15) is 4.79 Å². The summed E-state index contributed by atoms with van der Waals surface area (Å²) < 4.78 is 11.1. The number of methoxy groups -OCH3 is 2. The fourth-order valence-corrected chi connectivity index (χ4v) is 6.16. The minimum atomic E-state index is -0.0640. The van der Waals surface area contributed by atoms with Gasteiger partial charge in [-0.3, -0.25) is 9.69 Å². The Bertz CT molecular complexity index is 1140. The van der Waals surface area contributed by atoms with Crippen LogP contribution in [0, 0.1) is 0 Å².